The molecule has 0 bridgehead atoms. The van der Waals surface area contributed by atoms with Crippen molar-refractivity contribution in [3.8, 4) is 0 Å². The molecule has 0 aliphatic heterocycles. The van der Waals surface area contributed by atoms with Crippen molar-refractivity contribution in [3.05, 3.63) is 60.8 Å². The van der Waals surface area contributed by atoms with Crippen molar-refractivity contribution in [2.75, 3.05) is 47.5 Å². The molecule has 0 saturated heterocycles. The van der Waals surface area contributed by atoms with E-state index in [1.807, 2.05) is 21.1 Å². The molecule has 2 atom stereocenters. The number of quaternary nitrogens is 1. The lowest BCUT2D eigenvalue weighted by Crippen LogP contribution is -2.37. The van der Waals surface area contributed by atoms with Crippen molar-refractivity contribution in [2.24, 2.45) is 0 Å². The molecule has 0 fully saturated rings. The van der Waals surface area contributed by atoms with Crippen molar-refractivity contribution in [3.63, 3.8) is 0 Å². The third-order valence-corrected chi connectivity index (χ3v) is 12.3. The summed E-state index contributed by atoms with van der Waals surface area (Å²) in [4.78, 5) is 35.5. The lowest BCUT2D eigenvalue weighted by molar-refractivity contribution is -0.870. The largest absolute Gasteiger partial charge is 0.472 e. The SMILES string of the molecule is CC/C=C\C/C=C\C/C=C\C/C=C\CCCCCCCCCCCCCCCCC(=O)OC(COC(=O)CCCCCCC/C=C\CCCCCCC)COP(=O)(O)OCC[N+](C)(C)C. The molecule has 0 aliphatic rings. The number of likely N-dealkylation sites (N-methyl/N-ethyl adjacent to an activating group) is 1. The zero-order valence-electron chi connectivity index (χ0n) is 42.7. The van der Waals surface area contributed by atoms with Crippen LogP contribution in [0.25, 0.3) is 0 Å². The molecule has 0 aromatic rings. The highest BCUT2D eigenvalue weighted by Gasteiger charge is 2.27. The van der Waals surface area contributed by atoms with E-state index in [1.54, 1.807) is 0 Å². The van der Waals surface area contributed by atoms with E-state index in [9.17, 15) is 19.0 Å². The molecule has 65 heavy (non-hydrogen) atoms. The predicted molar refractivity (Wildman–Crippen MR) is 275 cm³/mol. The monoisotopic (exact) mass is 935 g/mol. The number of carbonyl (C=O) groups excluding carboxylic acids is 2. The van der Waals surface area contributed by atoms with Crippen LogP contribution in [-0.2, 0) is 32.7 Å². The Morgan fingerprint density at radius 2 is 0.877 bits per heavy atom. The number of carbonyl (C=O) groups is 2. The topological polar surface area (TPSA) is 108 Å². The summed E-state index contributed by atoms with van der Waals surface area (Å²) in [6, 6.07) is 0. The Morgan fingerprint density at radius 1 is 0.492 bits per heavy atom. The first-order chi connectivity index (χ1) is 31.5. The van der Waals surface area contributed by atoms with Crippen LogP contribution in [0.3, 0.4) is 0 Å². The van der Waals surface area contributed by atoms with Gasteiger partial charge in [-0.05, 0) is 77.0 Å². The van der Waals surface area contributed by atoms with E-state index < -0.39 is 26.5 Å². The Balaban J connectivity index is 4.16. The normalized spacial score (nSPS) is 13.9. The average Bonchev–Trinajstić information content (AvgIpc) is 3.26. The van der Waals surface area contributed by atoms with E-state index >= 15 is 0 Å². The Morgan fingerprint density at radius 3 is 1.32 bits per heavy atom. The first-order valence-electron chi connectivity index (χ1n) is 26.5. The highest BCUT2D eigenvalue weighted by atomic mass is 31.2. The maximum absolute atomic E-state index is 12.8. The maximum Gasteiger partial charge on any atom is 0.472 e. The van der Waals surface area contributed by atoms with Crippen molar-refractivity contribution in [2.45, 2.75) is 232 Å². The summed E-state index contributed by atoms with van der Waals surface area (Å²) in [5, 5.41) is 0. The minimum absolute atomic E-state index is 0.0294. The van der Waals surface area contributed by atoms with Gasteiger partial charge in [-0.25, -0.2) is 4.57 Å². The van der Waals surface area contributed by atoms with E-state index in [0.29, 0.717) is 17.4 Å². The summed E-state index contributed by atoms with van der Waals surface area (Å²) in [6.07, 6.45) is 58.5. The molecule has 0 spiro atoms. The number of allylic oxidation sites excluding steroid dienone is 10. The molecule has 0 saturated carbocycles. The van der Waals surface area contributed by atoms with Crippen LogP contribution in [0, 0.1) is 0 Å². The van der Waals surface area contributed by atoms with Crippen molar-refractivity contribution < 1.29 is 42.1 Å². The molecule has 0 amide bonds. The van der Waals surface area contributed by atoms with Gasteiger partial charge in [0.25, 0.3) is 0 Å². The van der Waals surface area contributed by atoms with E-state index in [-0.39, 0.29) is 32.0 Å². The van der Waals surface area contributed by atoms with Crippen molar-refractivity contribution in [1.82, 2.24) is 0 Å². The average molecular weight is 935 g/mol. The molecule has 378 valence electrons. The van der Waals surface area contributed by atoms with Gasteiger partial charge >= 0.3 is 19.8 Å². The van der Waals surface area contributed by atoms with Crippen LogP contribution < -0.4 is 0 Å². The van der Waals surface area contributed by atoms with Crippen LogP contribution >= 0.6 is 7.82 Å². The highest BCUT2D eigenvalue weighted by molar-refractivity contribution is 7.47. The molecule has 10 heteroatoms. The molecular formula is C55H101NO8P+. The Labute approximate surface area is 400 Å². The molecule has 0 rings (SSSR count). The molecule has 9 nitrogen and oxygen atoms in total. The van der Waals surface area contributed by atoms with Gasteiger partial charge in [0.05, 0.1) is 27.7 Å². The number of rotatable bonds is 48. The fourth-order valence-electron chi connectivity index (χ4n) is 7.18. The van der Waals surface area contributed by atoms with Gasteiger partial charge in [0.1, 0.15) is 19.8 Å². The van der Waals surface area contributed by atoms with Gasteiger partial charge in [-0.3, -0.25) is 18.6 Å². The highest BCUT2D eigenvalue weighted by Crippen LogP contribution is 2.43. The van der Waals surface area contributed by atoms with E-state index in [4.69, 9.17) is 18.5 Å². The fourth-order valence-corrected chi connectivity index (χ4v) is 7.92. The summed E-state index contributed by atoms with van der Waals surface area (Å²) >= 11 is 0. The van der Waals surface area contributed by atoms with Crippen LogP contribution in [0.2, 0.25) is 0 Å². The zero-order chi connectivity index (χ0) is 47.8. The predicted octanol–water partition coefficient (Wildman–Crippen LogP) is 16.0. The minimum atomic E-state index is -4.38. The minimum Gasteiger partial charge on any atom is -0.462 e. The first-order valence-corrected chi connectivity index (χ1v) is 28.0. The third-order valence-electron chi connectivity index (χ3n) is 11.3. The number of hydrogen-bond acceptors (Lipinski definition) is 7. The van der Waals surface area contributed by atoms with Gasteiger partial charge in [-0.2, -0.15) is 0 Å². The lowest BCUT2D eigenvalue weighted by atomic mass is 10.0. The van der Waals surface area contributed by atoms with Gasteiger partial charge < -0.3 is 18.9 Å². The van der Waals surface area contributed by atoms with Gasteiger partial charge in [0.2, 0.25) is 0 Å². The lowest BCUT2D eigenvalue weighted by Gasteiger charge is -2.24. The number of hydrogen-bond donors (Lipinski definition) is 1. The molecule has 0 aromatic carbocycles. The Hall–Kier alpha value is -2.29. The fraction of sp³-hybridized carbons (Fsp3) is 0.782. The molecule has 2 unspecified atom stereocenters. The second-order valence-corrected chi connectivity index (χ2v) is 20.3. The molecular weight excluding hydrogens is 834 g/mol. The standard InChI is InChI=1S/C55H100NO8P/c1-6-8-10-12-14-16-18-20-22-23-24-25-26-27-28-29-30-31-32-33-34-36-38-40-42-44-46-48-55(58)64-53(52-63-65(59,60)62-50-49-56(3,4)5)51-61-54(57)47-45-43-41-39-37-35-21-19-17-15-13-11-9-7-2/h8,10,14,16,19-22,24-25,53H,6-7,9,11-13,15,17-18,23,26-52H2,1-5H3/p+1/b10-8-,16-14-,21-19-,22-20-,25-24-. The summed E-state index contributed by atoms with van der Waals surface area (Å²) < 4.78 is 34.5. The molecule has 1 N–H and O–H groups in total. The quantitative estimate of drug-likeness (QED) is 0.0211. The van der Waals surface area contributed by atoms with Crippen LogP contribution in [0.4, 0.5) is 0 Å². The van der Waals surface area contributed by atoms with Crippen molar-refractivity contribution >= 4 is 19.8 Å². The summed E-state index contributed by atoms with van der Waals surface area (Å²) in [7, 11) is 1.47. The van der Waals surface area contributed by atoms with E-state index in [2.05, 4.69) is 74.6 Å². The van der Waals surface area contributed by atoms with Crippen molar-refractivity contribution in [1.29, 1.82) is 0 Å². The van der Waals surface area contributed by atoms with Gasteiger partial charge in [0.15, 0.2) is 6.10 Å². The van der Waals surface area contributed by atoms with E-state index in [1.165, 1.54) is 109 Å². The summed E-state index contributed by atoms with van der Waals surface area (Å²) in [5.74, 6) is -0.805. The number of esters is 2. The van der Waals surface area contributed by atoms with Crippen LogP contribution in [0.1, 0.15) is 226 Å². The van der Waals surface area contributed by atoms with Gasteiger partial charge in [0, 0.05) is 12.8 Å². The molecule has 0 aliphatic carbocycles. The smallest absolute Gasteiger partial charge is 0.462 e. The molecule has 0 radical (unpaired) electrons. The van der Waals surface area contributed by atoms with Gasteiger partial charge in [-0.1, -0.05) is 197 Å². The summed E-state index contributed by atoms with van der Waals surface area (Å²) in [6.45, 7) is 4.31. The third kappa shape index (κ3) is 51.0. The van der Waals surface area contributed by atoms with E-state index in [0.717, 1.165) is 83.5 Å². The van der Waals surface area contributed by atoms with Crippen LogP contribution in [-0.4, -0.2) is 74.9 Å². The number of phosphoric acid groups is 1. The Kier molecular flexibility index (Phi) is 45.2. The Bertz CT molecular complexity index is 1290. The first kappa shape index (κ1) is 62.7. The second kappa shape index (κ2) is 46.8. The number of phosphoric ester groups is 1. The van der Waals surface area contributed by atoms with Crippen LogP contribution in [0.15, 0.2) is 60.8 Å². The molecule has 0 heterocycles. The second-order valence-electron chi connectivity index (χ2n) is 18.9. The van der Waals surface area contributed by atoms with Crippen LogP contribution in [0.5, 0.6) is 0 Å². The number of ether oxygens (including phenoxy) is 2. The zero-order valence-corrected chi connectivity index (χ0v) is 43.6. The number of nitrogens with zero attached hydrogens (tertiary/aromatic N) is 1. The number of unbranched alkanes of at least 4 members (excludes halogenated alkanes) is 24. The molecule has 0 aromatic heterocycles. The summed E-state index contributed by atoms with van der Waals surface area (Å²) in [5.41, 5.74) is 0. The van der Waals surface area contributed by atoms with Gasteiger partial charge in [-0.15, -0.1) is 0 Å². The maximum atomic E-state index is 12.8.